The standard InChI is InChI=1S/C12H10BNO3/c1-7-2-4-9-10-6-8(13(15)16)3-5-11(10)17-12(9)14-7/h2-6,15-16H,1H3. The molecule has 3 rings (SSSR count). The minimum Gasteiger partial charge on any atom is -0.438 e. The summed E-state index contributed by atoms with van der Waals surface area (Å²) < 4.78 is 5.59. The van der Waals surface area contributed by atoms with Crippen LogP contribution in [-0.2, 0) is 0 Å². The van der Waals surface area contributed by atoms with Gasteiger partial charge in [0, 0.05) is 16.5 Å². The second kappa shape index (κ2) is 3.58. The molecule has 0 unspecified atom stereocenters. The molecule has 2 N–H and O–H groups in total. The number of nitrogens with zero attached hydrogens (tertiary/aromatic N) is 1. The number of fused-ring (bicyclic) bond motifs is 3. The van der Waals surface area contributed by atoms with Crippen LogP contribution in [0.15, 0.2) is 34.7 Å². The fourth-order valence-corrected chi connectivity index (χ4v) is 1.93. The zero-order valence-corrected chi connectivity index (χ0v) is 9.21. The second-order valence-corrected chi connectivity index (χ2v) is 4.04. The first-order valence-corrected chi connectivity index (χ1v) is 5.31. The molecule has 2 heterocycles. The Morgan fingerprint density at radius 3 is 2.71 bits per heavy atom. The molecule has 0 atom stereocenters. The predicted molar refractivity (Wildman–Crippen MR) is 66.1 cm³/mol. The summed E-state index contributed by atoms with van der Waals surface area (Å²) in [6.07, 6.45) is 0. The van der Waals surface area contributed by atoms with Crippen LogP contribution in [0.25, 0.3) is 22.1 Å². The molecular weight excluding hydrogens is 217 g/mol. The molecule has 0 saturated heterocycles. The maximum Gasteiger partial charge on any atom is 0.488 e. The van der Waals surface area contributed by atoms with Gasteiger partial charge in [-0.15, -0.1) is 0 Å². The molecule has 0 aliphatic heterocycles. The first kappa shape index (κ1) is 10.3. The van der Waals surface area contributed by atoms with E-state index in [0.29, 0.717) is 16.8 Å². The lowest BCUT2D eigenvalue weighted by atomic mass is 9.80. The summed E-state index contributed by atoms with van der Waals surface area (Å²) in [5, 5.41) is 20.0. The Bertz CT molecular complexity index is 705. The van der Waals surface area contributed by atoms with E-state index < -0.39 is 7.12 Å². The van der Waals surface area contributed by atoms with Crippen LogP contribution < -0.4 is 5.46 Å². The maximum absolute atomic E-state index is 9.15. The van der Waals surface area contributed by atoms with Crippen molar-refractivity contribution in [2.24, 2.45) is 0 Å². The zero-order valence-electron chi connectivity index (χ0n) is 9.21. The first-order chi connectivity index (χ1) is 8.15. The van der Waals surface area contributed by atoms with Gasteiger partial charge in [0.05, 0.1) is 0 Å². The van der Waals surface area contributed by atoms with Crippen LogP contribution in [0.1, 0.15) is 5.69 Å². The van der Waals surface area contributed by atoms with Gasteiger partial charge in [0.1, 0.15) is 5.58 Å². The Morgan fingerprint density at radius 2 is 1.94 bits per heavy atom. The quantitative estimate of drug-likeness (QED) is 0.608. The minimum atomic E-state index is -1.47. The number of furan rings is 1. The monoisotopic (exact) mass is 227 g/mol. The summed E-state index contributed by atoms with van der Waals surface area (Å²) in [4.78, 5) is 4.30. The minimum absolute atomic E-state index is 0.445. The fraction of sp³-hybridized carbons (Fsp3) is 0.0833. The summed E-state index contributed by atoms with van der Waals surface area (Å²) in [6.45, 7) is 1.90. The summed E-state index contributed by atoms with van der Waals surface area (Å²) in [6, 6.07) is 8.89. The van der Waals surface area contributed by atoms with E-state index in [2.05, 4.69) is 4.98 Å². The van der Waals surface area contributed by atoms with E-state index in [1.807, 2.05) is 19.1 Å². The Morgan fingerprint density at radius 1 is 1.12 bits per heavy atom. The van der Waals surface area contributed by atoms with Crippen molar-refractivity contribution in [2.75, 3.05) is 0 Å². The highest BCUT2D eigenvalue weighted by Crippen LogP contribution is 2.26. The lowest BCUT2D eigenvalue weighted by molar-refractivity contribution is 0.426. The van der Waals surface area contributed by atoms with Crippen molar-refractivity contribution in [1.82, 2.24) is 4.98 Å². The Balaban J connectivity index is 2.37. The van der Waals surface area contributed by atoms with Gasteiger partial charge in [-0.25, -0.2) is 4.98 Å². The fourth-order valence-electron chi connectivity index (χ4n) is 1.93. The molecule has 0 aliphatic rings. The van der Waals surface area contributed by atoms with Gasteiger partial charge in [0.15, 0.2) is 0 Å². The average molecular weight is 227 g/mol. The van der Waals surface area contributed by atoms with E-state index in [9.17, 15) is 0 Å². The van der Waals surface area contributed by atoms with Crippen molar-refractivity contribution in [3.63, 3.8) is 0 Å². The largest absolute Gasteiger partial charge is 0.488 e. The number of rotatable bonds is 1. The van der Waals surface area contributed by atoms with Gasteiger partial charge < -0.3 is 14.5 Å². The van der Waals surface area contributed by atoms with Gasteiger partial charge in [-0.3, -0.25) is 0 Å². The Labute approximate surface area is 97.7 Å². The van der Waals surface area contributed by atoms with E-state index in [1.165, 1.54) is 0 Å². The lowest BCUT2D eigenvalue weighted by Gasteiger charge is -1.97. The Kier molecular flexibility index (Phi) is 2.17. The SMILES string of the molecule is Cc1ccc2c(n1)oc1ccc(B(O)O)cc12. The van der Waals surface area contributed by atoms with Gasteiger partial charge in [-0.1, -0.05) is 12.1 Å². The van der Waals surface area contributed by atoms with Crippen molar-refractivity contribution in [3.05, 3.63) is 36.0 Å². The molecule has 0 fully saturated rings. The molecular formula is C12H10BNO3. The molecule has 0 radical (unpaired) electrons. The van der Waals surface area contributed by atoms with Gasteiger partial charge in [0.25, 0.3) is 0 Å². The third-order valence-electron chi connectivity index (χ3n) is 2.80. The molecule has 4 nitrogen and oxygen atoms in total. The van der Waals surface area contributed by atoms with Crippen molar-refractivity contribution < 1.29 is 14.5 Å². The highest BCUT2D eigenvalue weighted by molar-refractivity contribution is 6.59. The van der Waals surface area contributed by atoms with E-state index in [0.717, 1.165) is 16.5 Å². The van der Waals surface area contributed by atoms with Gasteiger partial charge in [-0.2, -0.15) is 0 Å². The second-order valence-electron chi connectivity index (χ2n) is 4.04. The summed E-state index contributed by atoms with van der Waals surface area (Å²) in [5.74, 6) is 0. The van der Waals surface area contributed by atoms with Gasteiger partial charge in [-0.05, 0) is 30.6 Å². The zero-order chi connectivity index (χ0) is 12.0. The van der Waals surface area contributed by atoms with Crippen LogP contribution in [0.3, 0.4) is 0 Å². The Hall–Kier alpha value is -1.85. The number of hydrogen-bond acceptors (Lipinski definition) is 4. The number of pyridine rings is 1. The highest BCUT2D eigenvalue weighted by Gasteiger charge is 2.14. The summed E-state index contributed by atoms with van der Waals surface area (Å²) in [5.41, 5.74) is 2.60. The molecule has 0 saturated carbocycles. The summed E-state index contributed by atoms with van der Waals surface area (Å²) >= 11 is 0. The van der Waals surface area contributed by atoms with Gasteiger partial charge >= 0.3 is 7.12 Å². The van der Waals surface area contributed by atoms with Gasteiger partial charge in [0.2, 0.25) is 5.71 Å². The number of benzene rings is 1. The number of aromatic nitrogens is 1. The van der Waals surface area contributed by atoms with Crippen LogP contribution in [0.2, 0.25) is 0 Å². The molecule has 0 aliphatic carbocycles. The molecule has 84 valence electrons. The highest BCUT2D eigenvalue weighted by atomic mass is 16.4. The van der Waals surface area contributed by atoms with E-state index in [-0.39, 0.29) is 0 Å². The molecule has 0 amide bonds. The molecule has 5 heteroatoms. The van der Waals surface area contributed by atoms with Crippen molar-refractivity contribution in [1.29, 1.82) is 0 Å². The predicted octanol–water partition coefficient (Wildman–Crippen LogP) is 0.969. The average Bonchev–Trinajstić information content (AvgIpc) is 2.64. The number of hydrogen-bond donors (Lipinski definition) is 2. The smallest absolute Gasteiger partial charge is 0.438 e. The van der Waals surface area contributed by atoms with Crippen molar-refractivity contribution >= 4 is 34.7 Å². The molecule has 0 bridgehead atoms. The molecule has 0 spiro atoms. The lowest BCUT2D eigenvalue weighted by Crippen LogP contribution is -2.29. The van der Waals surface area contributed by atoms with Crippen LogP contribution in [0, 0.1) is 6.92 Å². The van der Waals surface area contributed by atoms with Crippen molar-refractivity contribution in [2.45, 2.75) is 6.92 Å². The van der Waals surface area contributed by atoms with E-state index in [1.54, 1.807) is 18.2 Å². The molecule has 17 heavy (non-hydrogen) atoms. The van der Waals surface area contributed by atoms with Crippen LogP contribution in [0.5, 0.6) is 0 Å². The topological polar surface area (TPSA) is 66.5 Å². The summed E-state index contributed by atoms with van der Waals surface area (Å²) in [7, 11) is -1.47. The molecule has 2 aromatic heterocycles. The van der Waals surface area contributed by atoms with Crippen LogP contribution >= 0.6 is 0 Å². The third kappa shape index (κ3) is 1.60. The van der Waals surface area contributed by atoms with Crippen molar-refractivity contribution in [3.8, 4) is 0 Å². The van der Waals surface area contributed by atoms with E-state index >= 15 is 0 Å². The maximum atomic E-state index is 9.15. The third-order valence-corrected chi connectivity index (χ3v) is 2.80. The molecule has 3 aromatic rings. The van der Waals surface area contributed by atoms with Crippen LogP contribution in [0.4, 0.5) is 0 Å². The van der Waals surface area contributed by atoms with Crippen LogP contribution in [-0.4, -0.2) is 22.2 Å². The number of aryl methyl sites for hydroxylation is 1. The first-order valence-electron chi connectivity index (χ1n) is 5.31. The molecule has 1 aromatic carbocycles. The normalized spacial score (nSPS) is 11.2. The van der Waals surface area contributed by atoms with E-state index in [4.69, 9.17) is 14.5 Å².